The minimum Gasteiger partial charge on any atom is -0.388 e. The maximum absolute atomic E-state index is 13.8. The number of fused-ring (bicyclic) bond motifs is 1. The van der Waals surface area contributed by atoms with E-state index in [1.165, 1.54) is 24.3 Å². The molecule has 0 bridgehead atoms. The molecule has 2 unspecified atom stereocenters. The fourth-order valence-electron chi connectivity index (χ4n) is 5.25. The lowest BCUT2D eigenvalue weighted by Crippen LogP contribution is -2.27. The summed E-state index contributed by atoms with van der Waals surface area (Å²) in [5, 5.41) is 22.8. The van der Waals surface area contributed by atoms with E-state index in [0.717, 1.165) is 29.7 Å². The van der Waals surface area contributed by atoms with Crippen molar-refractivity contribution in [2.45, 2.75) is 64.8 Å². The third-order valence-electron chi connectivity index (χ3n) is 6.86. The summed E-state index contributed by atoms with van der Waals surface area (Å²) in [5.41, 5.74) is 3.71. The van der Waals surface area contributed by atoms with Crippen LogP contribution in [0.2, 0.25) is 0 Å². The second-order valence-electron chi connectivity index (χ2n) is 10.6. The zero-order chi connectivity index (χ0) is 25.7. The van der Waals surface area contributed by atoms with E-state index in [9.17, 15) is 27.8 Å². The van der Waals surface area contributed by atoms with E-state index in [1.807, 2.05) is 19.9 Å². The lowest BCUT2D eigenvalue weighted by molar-refractivity contribution is -0.137. The summed E-state index contributed by atoms with van der Waals surface area (Å²) in [7, 11) is 0. The molecule has 2 N–H and O–H groups in total. The number of halogens is 4. The largest absolute Gasteiger partial charge is 0.416 e. The van der Waals surface area contributed by atoms with E-state index in [1.54, 1.807) is 12.1 Å². The van der Waals surface area contributed by atoms with Crippen molar-refractivity contribution in [3.8, 4) is 11.1 Å². The molecule has 0 aliphatic heterocycles. The van der Waals surface area contributed by atoms with E-state index in [4.69, 9.17) is 0 Å². The minimum atomic E-state index is -4.48. The van der Waals surface area contributed by atoms with Crippen LogP contribution in [-0.4, -0.2) is 10.2 Å². The Hall–Kier alpha value is -2.70. The predicted octanol–water partition coefficient (Wildman–Crippen LogP) is 7.72. The monoisotopic (exact) mass is 486 g/mol. The minimum absolute atomic E-state index is 0.0132. The molecule has 186 valence electrons. The van der Waals surface area contributed by atoms with Gasteiger partial charge in [0.15, 0.2) is 0 Å². The number of aliphatic hydroxyl groups is 2. The first-order valence-corrected chi connectivity index (χ1v) is 11.8. The molecule has 1 aliphatic carbocycles. The van der Waals surface area contributed by atoms with Crippen molar-refractivity contribution >= 4 is 0 Å². The Morgan fingerprint density at radius 3 is 2.11 bits per heavy atom. The van der Waals surface area contributed by atoms with Crippen molar-refractivity contribution in [2.24, 2.45) is 5.41 Å². The van der Waals surface area contributed by atoms with Crippen LogP contribution in [0.5, 0.6) is 0 Å². The highest BCUT2D eigenvalue weighted by atomic mass is 19.4. The van der Waals surface area contributed by atoms with E-state index >= 15 is 0 Å². The summed E-state index contributed by atoms with van der Waals surface area (Å²) < 4.78 is 53.1. The average molecular weight is 487 g/mol. The molecule has 0 aromatic heterocycles. The lowest BCUT2D eigenvalue weighted by atomic mass is 9.68. The molecule has 0 radical (unpaired) electrons. The highest BCUT2D eigenvalue weighted by Crippen LogP contribution is 2.49. The molecule has 0 saturated carbocycles. The molecular weight excluding hydrogens is 456 g/mol. The Morgan fingerprint density at radius 2 is 1.57 bits per heavy atom. The Bertz CT molecular complexity index is 1210. The number of alkyl halides is 3. The molecule has 0 fully saturated rings. The van der Waals surface area contributed by atoms with Gasteiger partial charge < -0.3 is 10.2 Å². The van der Waals surface area contributed by atoms with Gasteiger partial charge in [0.1, 0.15) is 11.9 Å². The van der Waals surface area contributed by atoms with E-state index < -0.39 is 29.8 Å². The van der Waals surface area contributed by atoms with Gasteiger partial charge in [0.2, 0.25) is 0 Å². The van der Waals surface area contributed by atoms with Gasteiger partial charge in [-0.25, -0.2) is 4.39 Å². The zero-order valence-corrected chi connectivity index (χ0v) is 20.2. The van der Waals surface area contributed by atoms with Crippen molar-refractivity contribution < 1.29 is 27.8 Å². The van der Waals surface area contributed by atoms with E-state index in [-0.39, 0.29) is 11.3 Å². The molecule has 0 heterocycles. The topological polar surface area (TPSA) is 40.5 Å². The molecule has 2 atom stereocenters. The standard InChI is InChI=1S/C29H30F4O2/c1-16(2)22-13-19-14-28(3,4)15-23(34)24(19)25(17-7-11-21(30)12-8-17)26(22)27(35)18-5-9-20(10-6-18)29(31,32)33/h5-13,16,23,27,34-35H,14-15H2,1-4H3. The Kier molecular flexibility index (Phi) is 6.58. The second kappa shape index (κ2) is 9.07. The normalized spacial score (nSPS) is 18.4. The summed E-state index contributed by atoms with van der Waals surface area (Å²) in [4.78, 5) is 0. The maximum atomic E-state index is 13.8. The summed E-state index contributed by atoms with van der Waals surface area (Å²) in [6.07, 6.45) is -5.26. The molecule has 2 nitrogen and oxygen atoms in total. The van der Waals surface area contributed by atoms with Crippen LogP contribution in [0.15, 0.2) is 54.6 Å². The Balaban J connectivity index is 2.00. The van der Waals surface area contributed by atoms with Gasteiger partial charge in [0.25, 0.3) is 0 Å². The van der Waals surface area contributed by atoms with Crippen molar-refractivity contribution in [3.63, 3.8) is 0 Å². The number of rotatable bonds is 4. The SMILES string of the molecule is CC(C)c1cc2c(c(-c3ccc(F)cc3)c1C(O)c1ccc(C(F)(F)F)cc1)C(O)CC(C)(C)C2. The number of benzene rings is 3. The van der Waals surface area contributed by atoms with Gasteiger partial charge in [-0.2, -0.15) is 13.2 Å². The van der Waals surface area contributed by atoms with Crippen LogP contribution in [0, 0.1) is 11.2 Å². The number of hydrogen-bond acceptors (Lipinski definition) is 2. The van der Waals surface area contributed by atoms with Crippen LogP contribution in [-0.2, 0) is 12.6 Å². The third kappa shape index (κ3) is 5.00. The predicted molar refractivity (Wildman–Crippen MR) is 128 cm³/mol. The zero-order valence-electron chi connectivity index (χ0n) is 20.2. The van der Waals surface area contributed by atoms with Gasteiger partial charge in [0.05, 0.1) is 11.7 Å². The highest BCUT2D eigenvalue weighted by Gasteiger charge is 2.37. The Morgan fingerprint density at radius 1 is 0.971 bits per heavy atom. The Labute approximate surface area is 203 Å². The fraction of sp³-hybridized carbons (Fsp3) is 0.379. The fourth-order valence-corrected chi connectivity index (χ4v) is 5.25. The molecule has 35 heavy (non-hydrogen) atoms. The molecule has 3 aromatic carbocycles. The van der Waals surface area contributed by atoms with Crippen molar-refractivity contribution in [1.29, 1.82) is 0 Å². The van der Waals surface area contributed by atoms with Crippen LogP contribution >= 0.6 is 0 Å². The first-order chi connectivity index (χ1) is 16.3. The molecule has 0 amide bonds. The summed E-state index contributed by atoms with van der Waals surface area (Å²) in [6.45, 7) is 8.17. The maximum Gasteiger partial charge on any atom is 0.416 e. The molecule has 0 spiro atoms. The van der Waals surface area contributed by atoms with Crippen molar-refractivity contribution in [3.05, 3.63) is 93.8 Å². The van der Waals surface area contributed by atoms with Gasteiger partial charge in [-0.05, 0) is 87.4 Å². The first-order valence-electron chi connectivity index (χ1n) is 11.8. The summed E-state index contributed by atoms with van der Waals surface area (Å²) >= 11 is 0. The summed E-state index contributed by atoms with van der Waals surface area (Å²) in [5.74, 6) is -0.421. The van der Waals surface area contributed by atoms with Crippen LogP contribution < -0.4 is 0 Å². The van der Waals surface area contributed by atoms with Crippen LogP contribution in [0.25, 0.3) is 11.1 Å². The quantitative estimate of drug-likeness (QED) is 0.371. The summed E-state index contributed by atoms with van der Waals surface area (Å²) in [6, 6.07) is 12.4. The van der Waals surface area contributed by atoms with Crippen molar-refractivity contribution in [1.82, 2.24) is 0 Å². The van der Waals surface area contributed by atoms with Crippen LogP contribution in [0.1, 0.15) is 85.6 Å². The highest BCUT2D eigenvalue weighted by molar-refractivity contribution is 5.76. The van der Waals surface area contributed by atoms with Gasteiger partial charge in [-0.1, -0.05) is 58.0 Å². The third-order valence-corrected chi connectivity index (χ3v) is 6.86. The van der Waals surface area contributed by atoms with Gasteiger partial charge in [-0.3, -0.25) is 0 Å². The second-order valence-corrected chi connectivity index (χ2v) is 10.6. The van der Waals surface area contributed by atoms with Crippen LogP contribution in [0.3, 0.4) is 0 Å². The van der Waals surface area contributed by atoms with Crippen molar-refractivity contribution in [2.75, 3.05) is 0 Å². The number of hydrogen-bond donors (Lipinski definition) is 2. The van der Waals surface area contributed by atoms with Gasteiger partial charge in [0, 0.05) is 0 Å². The molecule has 0 saturated heterocycles. The van der Waals surface area contributed by atoms with E-state index in [0.29, 0.717) is 34.2 Å². The van der Waals surface area contributed by atoms with Gasteiger partial charge in [-0.15, -0.1) is 0 Å². The molecule has 4 rings (SSSR count). The number of aliphatic hydroxyl groups excluding tert-OH is 2. The first kappa shape index (κ1) is 25.4. The molecule has 3 aromatic rings. The smallest absolute Gasteiger partial charge is 0.388 e. The van der Waals surface area contributed by atoms with Gasteiger partial charge >= 0.3 is 6.18 Å². The molecule has 6 heteroatoms. The van der Waals surface area contributed by atoms with E-state index in [2.05, 4.69) is 13.8 Å². The molecular formula is C29H30F4O2. The molecule has 1 aliphatic rings. The van der Waals surface area contributed by atoms with Crippen LogP contribution in [0.4, 0.5) is 17.6 Å². The average Bonchev–Trinajstić information content (AvgIpc) is 2.76. The lowest BCUT2D eigenvalue weighted by Gasteiger charge is -2.38.